The molecule has 1 aliphatic rings. The second-order valence-electron chi connectivity index (χ2n) is 6.84. The lowest BCUT2D eigenvalue weighted by Gasteiger charge is -2.38. The highest BCUT2D eigenvalue weighted by Crippen LogP contribution is 2.30. The highest BCUT2D eigenvalue weighted by Gasteiger charge is 2.32. The molecule has 0 aromatic heterocycles. The molecule has 0 saturated carbocycles. The summed E-state index contributed by atoms with van der Waals surface area (Å²) in [6, 6.07) is 13.9. The van der Waals surface area contributed by atoms with Gasteiger partial charge in [0.2, 0.25) is 0 Å². The van der Waals surface area contributed by atoms with Crippen LogP contribution in [0.3, 0.4) is 0 Å². The molecule has 28 heavy (non-hydrogen) atoms. The monoisotopic (exact) mass is 392 g/mol. The van der Waals surface area contributed by atoms with Crippen LogP contribution >= 0.6 is 0 Å². The maximum Gasteiger partial charge on any atom is 0.416 e. The van der Waals surface area contributed by atoms with Gasteiger partial charge in [0.25, 0.3) is 5.91 Å². The van der Waals surface area contributed by atoms with Crippen LogP contribution in [0.5, 0.6) is 0 Å². The van der Waals surface area contributed by atoms with Crippen molar-refractivity contribution in [1.82, 2.24) is 10.2 Å². The number of halogens is 3. The fraction of sp³-hybridized carbons (Fsp3) is 0.381. The molecule has 150 valence electrons. The third-order valence-electron chi connectivity index (χ3n) is 4.86. The molecular weight excluding hydrogens is 369 g/mol. The highest BCUT2D eigenvalue weighted by molar-refractivity contribution is 5.94. The van der Waals surface area contributed by atoms with Gasteiger partial charge in [-0.2, -0.15) is 13.2 Å². The Morgan fingerprint density at radius 2 is 1.75 bits per heavy atom. The molecule has 2 aromatic rings. The minimum absolute atomic E-state index is 0.00420. The number of morpholine rings is 1. The number of carbonyl (C=O) groups excluding carboxylic acids is 1. The van der Waals surface area contributed by atoms with Crippen LogP contribution in [0.15, 0.2) is 54.6 Å². The molecule has 2 atom stereocenters. The van der Waals surface area contributed by atoms with Gasteiger partial charge in [0.15, 0.2) is 0 Å². The Bertz CT molecular complexity index is 790. The number of alkyl halides is 3. The zero-order chi connectivity index (χ0) is 20.1. The van der Waals surface area contributed by atoms with Crippen LogP contribution < -0.4 is 5.32 Å². The number of hydrogen-bond acceptors (Lipinski definition) is 3. The third-order valence-corrected chi connectivity index (χ3v) is 4.86. The van der Waals surface area contributed by atoms with E-state index in [9.17, 15) is 18.0 Å². The molecule has 3 rings (SSSR count). The smallest absolute Gasteiger partial charge is 0.379 e. The number of nitrogens with one attached hydrogen (secondary N) is 1. The summed E-state index contributed by atoms with van der Waals surface area (Å²) in [5.41, 5.74) is 0.206. The first-order valence-electron chi connectivity index (χ1n) is 9.21. The normalized spacial score (nSPS) is 17.7. The van der Waals surface area contributed by atoms with Gasteiger partial charge in [-0.05, 0) is 30.7 Å². The lowest BCUT2D eigenvalue weighted by molar-refractivity contribution is -0.137. The largest absolute Gasteiger partial charge is 0.416 e. The van der Waals surface area contributed by atoms with E-state index >= 15 is 0 Å². The number of ether oxygens (including phenoxy) is 1. The first kappa shape index (κ1) is 20.4. The zero-order valence-corrected chi connectivity index (χ0v) is 15.6. The van der Waals surface area contributed by atoms with E-state index in [1.165, 1.54) is 12.1 Å². The average Bonchev–Trinajstić information content (AvgIpc) is 2.69. The van der Waals surface area contributed by atoms with Gasteiger partial charge in [-0.1, -0.05) is 36.4 Å². The second-order valence-corrected chi connectivity index (χ2v) is 6.84. The summed E-state index contributed by atoms with van der Waals surface area (Å²) < 4.78 is 44.2. The summed E-state index contributed by atoms with van der Waals surface area (Å²) >= 11 is 0. The van der Waals surface area contributed by atoms with Crippen LogP contribution in [0.2, 0.25) is 0 Å². The Balaban J connectivity index is 1.79. The quantitative estimate of drug-likeness (QED) is 0.839. The maximum absolute atomic E-state index is 12.9. The van der Waals surface area contributed by atoms with Crippen molar-refractivity contribution in [3.63, 3.8) is 0 Å². The van der Waals surface area contributed by atoms with E-state index in [4.69, 9.17) is 4.74 Å². The summed E-state index contributed by atoms with van der Waals surface area (Å²) in [6.07, 6.45) is -4.48. The Labute approximate surface area is 162 Å². The topological polar surface area (TPSA) is 41.6 Å². The van der Waals surface area contributed by atoms with Crippen molar-refractivity contribution in [3.05, 3.63) is 71.3 Å². The number of hydrogen-bond donors (Lipinski definition) is 1. The Morgan fingerprint density at radius 3 is 2.39 bits per heavy atom. The second kappa shape index (κ2) is 8.75. The van der Waals surface area contributed by atoms with Gasteiger partial charge in [-0.3, -0.25) is 9.69 Å². The SMILES string of the molecule is C[C@H](NC(=O)c1cccc(C(F)(F)F)c1)[C@@H](c1ccccc1)N1CCOCC1. The van der Waals surface area contributed by atoms with Gasteiger partial charge < -0.3 is 10.1 Å². The van der Waals surface area contributed by atoms with Gasteiger partial charge in [-0.25, -0.2) is 0 Å². The first-order chi connectivity index (χ1) is 13.4. The van der Waals surface area contributed by atoms with Gasteiger partial charge >= 0.3 is 6.18 Å². The lowest BCUT2D eigenvalue weighted by atomic mass is 9.97. The van der Waals surface area contributed by atoms with E-state index in [-0.39, 0.29) is 17.6 Å². The van der Waals surface area contributed by atoms with Gasteiger partial charge in [0, 0.05) is 24.7 Å². The zero-order valence-electron chi connectivity index (χ0n) is 15.6. The van der Waals surface area contributed by atoms with Crippen molar-refractivity contribution >= 4 is 5.91 Å². The molecule has 7 heteroatoms. The van der Waals surface area contributed by atoms with Crippen LogP contribution in [0.25, 0.3) is 0 Å². The minimum Gasteiger partial charge on any atom is -0.379 e. The molecule has 0 bridgehead atoms. The summed E-state index contributed by atoms with van der Waals surface area (Å²) in [5, 5.41) is 2.88. The van der Waals surface area contributed by atoms with E-state index in [1.807, 2.05) is 37.3 Å². The summed E-state index contributed by atoms with van der Waals surface area (Å²) in [7, 11) is 0. The number of rotatable bonds is 5. The van der Waals surface area contributed by atoms with E-state index in [0.29, 0.717) is 13.2 Å². The molecule has 1 N–H and O–H groups in total. The molecule has 1 saturated heterocycles. The van der Waals surface area contributed by atoms with Crippen LogP contribution in [0.1, 0.15) is 34.5 Å². The lowest BCUT2D eigenvalue weighted by Crippen LogP contribution is -2.48. The molecule has 1 heterocycles. The summed E-state index contributed by atoms with van der Waals surface area (Å²) in [4.78, 5) is 14.9. The number of benzene rings is 2. The van der Waals surface area contributed by atoms with Crippen LogP contribution in [-0.2, 0) is 10.9 Å². The standard InChI is InChI=1S/C21H23F3N2O2/c1-15(25-20(27)17-8-5-9-18(14-17)21(22,23)24)19(16-6-3-2-4-7-16)26-10-12-28-13-11-26/h2-9,14-15,19H,10-13H2,1H3,(H,25,27)/t15-,19-/m0/s1. The molecule has 1 aliphatic heterocycles. The molecule has 0 aliphatic carbocycles. The van der Waals surface area contributed by atoms with Crippen molar-refractivity contribution < 1.29 is 22.7 Å². The molecule has 2 aromatic carbocycles. The summed E-state index contributed by atoms with van der Waals surface area (Å²) in [6.45, 7) is 4.54. The van der Waals surface area contributed by atoms with Crippen molar-refractivity contribution in [2.75, 3.05) is 26.3 Å². The highest BCUT2D eigenvalue weighted by atomic mass is 19.4. The van der Waals surface area contributed by atoms with Crippen molar-refractivity contribution in [2.45, 2.75) is 25.2 Å². The van der Waals surface area contributed by atoms with Gasteiger partial charge in [0.1, 0.15) is 0 Å². The molecule has 1 fully saturated rings. The maximum atomic E-state index is 12.9. The van der Waals surface area contributed by atoms with Crippen molar-refractivity contribution in [1.29, 1.82) is 0 Å². The molecule has 0 spiro atoms. The van der Waals surface area contributed by atoms with Gasteiger partial charge in [0.05, 0.1) is 24.8 Å². The number of nitrogens with zero attached hydrogens (tertiary/aromatic N) is 1. The fourth-order valence-corrected chi connectivity index (χ4v) is 3.53. The first-order valence-corrected chi connectivity index (χ1v) is 9.21. The Morgan fingerprint density at radius 1 is 1.07 bits per heavy atom. The Kier molecular flexibility index (Phi) is 6.36. The molecule has 4 nitrogen and oxygen atoms in total. The van der Waals surface area contributed by atoms with E-state index < -0.39 is 17.6 Å². The van der Waals surface area contributed by atoms with E-state index in [1.54, 1.807) is 0 Å². The summed E-state index contributed by atoms with van der Waals surface area (Å²) in [5.74, 6) is -0.521. The van der Waals surface area contributed by atoms with Crippen LogP contribution in [0.4, 0.5) is 13.2 Å². The van der Waals surface area contributed by atoms with Crippen LogP contribution in [-0.4, -0.2) is 43.2 Å². The average molecular weight is 392 g/mol. The molecule has 1 amide bonds. The van der Waals surface area contributed by atoms with Crippen molar-refractivity contribution in [2.24, 2.45) is 0 Å². The Hall–Kier alpha value is -2.38. The third kappa shape index (κ3) is 4.91. The molecular formula is C21H23F3N2O2. The fourth-order valence-electron chi connectivity index (χ4n) is 3.53. The van der Waals surface area contributed by atoms with Crippen molar-refractivity contribution in [3.8, 4) is 0 Å². The molecule has 0 radical (unpaired) electrons. The van der Waals surface area contributed by atoms with Gasteiger partial charge in [-0.15, -0.1) is 0 Å². The molecule has 0 unspecified atom stereocenters. The van der Waals surface area contributed by atoms with E-state index in [2.05, 4.69) is 10.2 Å². The predicted molar refractivity (Wildman–Crippen MR) is 99.9 cm³/mol. The van der Waals surface area contributed by atoms with Crippen LogP contribution in [0, 0.1) is 0 Å². The number of amides is 1. The number of carbonyl (C=O) groups is 1. The van der Waals surface area contributed by atoms with E-state index in [0.717, 1.165) is 30.8 Å². The predicted octanol–water partition coefficient (Wildman–Crippen LogP) is 3.90. The minimum atomic E-state index is -4.48.